The molecule has 0 spiro atoms. The van der Waals surface area contributed by atoms with E-state index in [1.165, 1.54) is 29.8 Å². The molecule has 0 unspecified atom stereocenters. The first-order valence-corrected chi connectivity index (χ1v) is 8.38. The van der Waals surface area contributed by atoms with E-state index in [2.05, 4.69) is 39.3 Å². The van der Waals surface area contributed by atoms with Gasteiger partial charge >= 0.3 is 6.36 Å². The summed E-state index contributed by atoms with van der Waals surface area (Å²) in [5.41, 5.74) is 8.87. The fourth-order valence-corrected chi connectivity index (χ4v) is 2.32. The highest BCUT2D eigenvalue weighted by Gasteiger charge is 2.30. The number of ether oxygens (including phenoxy) is 1. The number of aliphatic imine (C=N–C) groups is 1. The van der Waals surface area contributed by atoms with Crippen molar-refractivity contribution in [2.45, 2.75) is 19.3 Å². The lowest BCUT2D eigenvalue weighted by molar-refractivity contribution is -0.274. The number of hydrogen-bond donors (Lipinski definition) is 2. The standard InChI is InChI=1S/C19H23F3N4O/c1-26(2)16-7-3-14(4-8-16)11-12-24-18(23)25-13-15-5-9-17(10-6-15)27-19(20,21)22/h3-10H,11-13H2,1-2H3,(H3,23,24,25). The zero-order valence-corrected chi connectivity index (χ0v) is 15.3. The summed E-state index contributed by atoms with van der Waals surface area (Å²) in [5, 5.41) is 3.03. The first-order chi connectivity index (χ1) is 12.7. The van der Waals surface area contributed by atoms with Gasteiger partial charge in [0.15, 0.2) is 5.96 Å². The molecule has 0 amide bonds. The smallest absolute Gasteiger partial charge is 0.406 e. The van der Waals surface area contributed by atoms with Gasteiger partial charge in [0, 0.05) is 26.3 Å². The molecular formula is C19H23F3N4O. The van der Waals surface area contributed by atoms with E-state index in [1.807, 2.05) is 19.0 Å². The van der Waals surface area contributed by atoms with Gasteiger partial charge in [-0.3, -0.25) is 0 Å². The summed E-state index contributed by atoms with van der Waals surface area (Å²) >= 11 is 0. The Morgan fingerprint density at radius 3 is 2.19 bits per heavy atom. The van der Waals surface area contributed by atoms with Crippen molar-refractivity contribution in [1.29, 1.82) is 0 Å². The Bertz CT molecular complexity index is 741. The van der Waals surface area contributed by atoms with Crippen molar-refractivity contribution in [1.82, 2.24) is 5.32 Å². The van der Waals surface area contributed by atoms with Crippen LogP contribution in [0.4, 0.5) is 18.9 Å². The molecule has 0 aliphatic heterocycles. The van der Waals surface area contributed by atoms with Gasteiger partial charge in [0.25, 0.3) is 0 Å². The summed E-state index contributed by atoms with van der Waals surface area (Å²) in [7, 11) is 3.98. The molecule has 0 fully saturated rings. The Labute approximate surface area is 156 Å². The topological polar surface area (TPSA) is 62.9 Å². The molecule has 0 radical (unpaired) electrons. The molecule has 0 heterocycles. The minimum atomic E-state index is -4.69. The molecule has 2 rings (SSSR count). The largest absolute Gasteiger partial charge is 0.573 e. The quantitative estimate of drug-likeness (QED) is 0.572. The molecule has 0 bridgehead atoms. The molecule has 5 nitrogen and oxygen atoms in total. The third-order valence-electron chi connectivity index (χ3n) is 3.76. The summed E-state index contributed by atoms with van der Waals surface area (Å²) < 4.78 is 40.2. The molecule has 8 heteroatoms. The monoisotopic (exact) mass is 380 g/mol. The average Bonchev–Trinajstić information content (AvgIpc) is 2.60. The summed E-state index contributed by atoms with van der Waals surface area (Å²) in [6.45, 7) is 0.900. The van der Waals surface area contributed by atoms with Gasteiger partial charge in [-0.2, -0.15) is 0 Å². The van der Waals surface area contributed by atoms with Gasteiger partial charge in [-0.1, -0.05) is 24.3 Å². The van der Waals surface area contributed by atoms with Crippen molar-refractivity contribution in [2.24, 2.45) is 10.7 Å². The van der Waals surface area contributed by atoms with Crippen LogP contribution >= 0.6 is 0 Å². The minimum Gasteiger partial charge on any atom is -0.406 e. The lowest BCUT2D eigenvalue weighted by Crippen LogP contribution is -2.33. The van der Waals surface area contributed by atoms with Crippen molar-refractivity contribution in [2.75, 3.05) is 25.5 Å². The lowest BCUT2D eigenvalue weighted by Gasteiger charge is -2.12. The number of halogens is 3. The third-order valence-corrected chi connectivity index (χ3v) is 3.76. The zero-order chi connectivity index (χ0) is 19.9. The average molecular weight is 380 g/mol. The van der Waals surface area contributed by atoms with Crippen LogP contribution in [0.25, 0.3) is 0 Å². The number of nitrogens with zero attached hydrogens (tertiary/aromatic N) is 2. The zero-order valence-electron chi connectivity index (χ0n) is 15.3. The first kappa shape index (κ1) is 20.4. The summed E-state index contributed by atoms with van der Waals surface area (Å²) in [4.78, 5) is 6.22. The van der Waals surface area contributed by atoms with Crippen molar-refractivity contribution in [3.05, 3.63) is 59.7 Å². The number of nitrogens with two attached hydrogens (primary N) is 1. The second-order valence-electron chi connectivity index (χ2n) is 6.13. The number of alkyl halides is 3. The Hall–Kier alpha value is -2.90. The predicted molar refractivity (Wildman–Crippen MR) is 101 cm³/mol. The van der Waals surface area contributed by atoms with Gasteiger partial charge in [-0.15, -0.1) is 13.2 Å². The molecule has 146 valence electrons. The van der Waals surface area contributed by atoms with Gasteiger partial charge in [-0.25, -0.2) is 4.99 Å². The number of rotatable bonds is 7. The highest BCUT2D eigenvalue weighted by Crippen LogP contribution is 2.22. The highest BCUT2D eigenvalue weighted by atomic mass is 19.4. The van der Waals surface area contributed by atoms with Gasteiger partial charge in [-0.05, 0) is 41.8 Å². The van der Waals surface area contributed by atoms with Gasteiger partial charge < -0.3 is 20.7 Å². The summed E-state index contributed by atoms with van der Waals surface area (Å²) in [5.74, 6) is 0.0251. The van der Waals surface area contributed by atoms with Crippen molar-refractivity contribution >= 4 is 11.6 Å². The van der Waals surface area contributed by atoms with Gasteiger partial charge in [0.05, 0.1) is 6.54 Å². The number of nitrogens with one attached hydrogen (secondary N) is 1. The molecule has 0 aliphatic rings. The molecular weight excluding hydrogens is 357 g/mol. The normalized spacial score (nSPS) is 12.0. The summed E-state index contributed by atoms with van der Waals surface area (Å²) in [6, 6.07) is 13.8. The van der Waals surface area contributed by atoms with Crippen molar-refractivity contribution in [3.63, 3.8) is 0 Å². The molecule has 0 aliphatic carbocycles. The lowest BCUT2D eigenvalue weighted by atomic mass is 10.1. The summed E-state index contributed by atoms with van der Waals surface area (Å²) in [6.07, 6.45) is -3.89. The molecule has 2 aromatic carbocycles. The van der Waals surface area contributed by atoms with Crippen LogP contribution in [0.5, 0.6) is 5.75 Å². The van der Waals surface area contributed by atoms with Crippen LogP contribution in [0.2, 0.25) is 0 Å². The third kappa shape index (κ3) is 7.47. The van der Waals surface area contributed by atoms with E-state index in [0.717, 1.165) is 17.7 Å². The molecule has 2 aromatic rings. The van der Waals surface area contributed by atoms with E-state index in [4.69, 9.17) is 5.73 Å². The Kier molecular flexibility index (Phi) is 6.92. The molecule has 3 N–H and O–H groups in total. The number of benzene rings is 2. The Balaban J connectivity index is 1.77. The van der Waals surface area contributed by atoms with E-state index in [0.29, 0.717) is 6.54 Å². The molecule has 0 atom stereocenters. The van der Waals surface area contributed by atoms with E-state index in [9.17, 15) is 13.2 Å². The van der Waals surface area contributed by atoms with Crippen LogP contribution in [0, 0.1) is 0 Å². The van der Waals surface area contributed by atoms with E-state index < -0.39 is 6.36 Å². The van der Waals surface area contributed by atoms with Crippen LogP contribution in [0.3, 0.4) is 0 Å². The van der Waals surface area contributed by atoms with Crippen LogP contribution in [0.15, 0.2) is 53.5 Å². The van der Waals surface area contributed by atoms with Gasteiger partial charge in [0.2, 0.25) is 0 Å². The van der Waals surface area contributed by atoms with Gasteiger partial charge in [0.1, 0.15) is 5.75 Å². The molecule has 0 aromatic heterocycles. The SMILES string of the molecule is CN(C)c1ccc(CCNC(N)=NCc2ccc(OC(F)(F)F)cc2)cc1. The van der Waals surface area contributed by atoms with E-state index in [-0.39, 0.29) is 18.3 Å². The number of hydrogen-bond acceptors (Lipinski definition) is 3. The predicted octanol–water partition coefficient (Wildman–Crippen LogP) is 3.30. The maximum atomic E-state index is 12.1. The second-order valence-corrected chi connectivity index (χ2v) is 6.13. The second kappa shape index (κ2) is 9.16. The fraction of sp³-hybridized carbons (Fsp3) is 0.316. The number of anilines is 1. The van der Waals surface area contributed by atoms with Crippen LogP contribution in [0.1, 0.15) is 11.1 Å². The van der Waals surface area contributed by atoms with E-state index in [1.54, 1.807) is 0 Å². The maximum Gasteiger partial charge on any atom is 0.573 e. The molecule has 0 saturated carbocycles. The van der Waals surface area contributed by atoms with Crippen molar-refractivity contribution < 1.29 is 17.9 Å². The highest BCUT2D eigenvalue weighted by molar-refractivity contribution is 5.77. The minimum absolute atomic E-state index is 0.262. The van der Waals surface area contributed by atoms with E-state index >= 15 is 0 Å². The first-order valence-electron chi connectivity index (χ1n) is 8.38. The van der Waals surface area contributed by atoms with Crippen molar-refractivity contribution in [3.8, 4) is 5.75 Å². The maximum absolute atomic E-state index is 12.1. The fourth-order valence-electron chi connectivity index (χ4n) is 2.32. The Morgan fingerprint density at radius 2 is 1.63 bits per heavy atom. The van der Waals surface area contributed by atoms with Crippen LogP contribution in [-0.4, -0.2) is 33.0 Å². The molecule has 27 heavy (non-hydrogen) atoms. The van der Waals surface area contributed by atoms with Crippen LogP contribution < -0.4 is 20.7 Å². The number of guanidine groups is 1. The Morgan fingerprint density at radius 1 is 1.04 bits per heavy atom. The molecule has 0 saturated heterocycles. The van der Waals surface area contributed by atoms with Crippen LogP contribution in [-0.2, 0) is 13.0 Å².